The Morgan fingerprint density at radius 3 is 2.48 bits per heavy atom. The van der Waals surface area contributed by atoms with Gasteiger partial charge in [0, 0.05) is 11.8 Å². The normalized spacial score (nSPS) is 12.2. The molecule has 25 heavy (non-hydrogen) atoms. The standard InChI is InChI=1S/C20H21F2NO2/c1-6-8-13(2)14-11-16(21)17(22)12-15(14)18-9-7-10-23(18)19(24)25-20(3,4)5/h6-12H,1H2,2-5H3/b13-8+. The molecule has 0 atom stereocenters. The van der Waals surface area contributed by atoms with Crippen LogP contribution in [-0.2, 0) is 4.74 Å². The van der Waals surface area contributed by atoms with Crippen molar-refractivity contribution < 1.29 is 18.3 Å². The molecule has 2 rings (SSSR count). The molecule has 2 aromatic rings. The Labute approximate surface area is 146 Å². The lowest BCUT2D eigenvalue weighted by Crippen LogP contribution is -2.27. The van der Waals surface area contributed by atoms with E-state index in [1.165, 1.54) is 10.8 Å². The third-order valence-corrected chi connectivity index (χ3v) is 3.47. The SMILES string of the molecule is C=C/C=C(\C)c1cc(F)c(F)cc1-c1cccn1C(=O)OC(C)(C)C. The lowest BCUT2D eigenvalue weighted by molar-refractivity contribution is 0.0540. The van der Waals surface area contributed by atoms with Crippen LogP contribution in [0.1, 0.15) is 33.3 Å². The van der Waals surface area contributed by atoms with Crippen LogP contribution in [0.15, 0.2) is 49.2 Å². The van der Waals surface area contributed by atoms with Crippen molar-refractivity contribution in [3.8, 4) is 11.3 Å². The molecule has 0 radical (unpaired) electrons. The van der Waals surface area contributed by atoms with Gasteiger partial charge in [0.2, 0.25) is 0 Å². The highest BCUT2D eigenvalue weighted by Gasteiger charge is 2.22. The van der Waals surface area contributed by atoms with Crippen molar-refractivity contribution in [2.45, 2.75) is 33.3 Å². The van der Waals surface area contributed by atoms with E-state index in [4.69, 9.17) is 4.74 Å². The fourth-order valence-corrected chi connectivity index (χ4v) is 2.42. The second-order valence-electron chi connectivity index (χ2n) is 6.64. The molecule has 0 fully saturated rings. The van der Waals surface area contributed by atoms with Crippen LogP contribution in [0.5, 0.6) is 0 Å². The number of hydrogen-bond acceptors (Lipinski definition) is 2. The van der Waals surface area contributed by atoms with Gasteiger partial charge in [-0.3, -0.25) is 4.57 Å². The van der Waals surface area contributed by atoms with Crippen molar-refractivity contribution >= 4 is 11.7 Å². The van der Waals surface area contributed by atoms with Crippen LogP contribution >= 0.6 is 0 Å². The Hall–Kier alpha value is -2.69. The minimum absolute atomic E-state index is 0.394. The number of carbonyl (C=O) groups excluding carboxylic acids is 1. The molecule has 3 nitrogen and oxygen atoms in total. The summed E-state index contributed by atoms with van der Waals surface area (Å²) in [5.41, 5.74) is 1.31. The Morgan fingerprint density at radius 1 is 1.24 bits per heavy atom. The summed E-state index contributed by atoms with van der Waals surface area (Å²) in [6.45, 7) is 10.7. The van der Waals surface area contributed by atoms with Crippen molar-refractivity contribution in [3.63, 3.8) is 0 Å². The fraction of sp³-hybridized carbons (Fsp3) is 0.250. The van der Waals surface area contributed by atoms with E-state index in [0.29, 0.717) is 22.4 Å². The molecule has 5 heteroatoms. The average Bonchev–Trinajstić information content (AvgIpc) is 2.97. The maximum atomic E-state index is 13.9. The van der Waals surface area contributed by atoms with E-state index in [-0.39, 0.29) is 0 Å². The average molecular weight is 345 g/mol. The molecule has 132 valence electrons. The van der Waals surface area contributed by atoms with Gasteiger partial charge in [-0.2, -0.15) is 0 Å². The topological polar surface area (TPSA) is 31.2 Å². The van der Waals surface area contributed by atoms with Gasteiger partial charge in [-0.25, -0.2) is 13.6 Å². The molecule has 0 aliphatic carbocycles. The van der Waals surface area contributed by atoms with Crippen molar-refractivity contribution in [2.75, 3.05) is 0 Å². The highest BCUT2D eigenvalue weighted by Crippen LogP contribution is 2.32. The number of hydrogen-bond donors (Lipinski definition) is 0. The summed E-state index contributed by atoms with van der Waals surface area (Å²) in [6.07, 6.45) is 4.19. The first-order valence-corrected chi connectivity index (χ1v) is 7.84. The first-order valence-electron chi connectivity index (χ1n) is 7.84. The van der Waals surface area contributed by atoms with Gasteiger partial charge in [-0.15, -0.1) is 0 Å². The molecule has 0 aliphatic heterocycles. The number of carbonyl (C=O) groups is 1. The van der Waals surface area contributed by atoms with Gasteiger partial charge in [0.05, 0.1) is 5.69 Å². The summed E-state index contributed by atoms with van der Waals surface area (Å²) < 4.78 is 34.3. The van der Waals surface area contributed by atoms with Crippen LogP contribution in [0.4, 0.5) is 13.6 Å². The molecular weight excluding hydrogens is 324 g/mol. The van der Waals surface area contributed by atoms with Gasteiger partial charge in [-0.05, 0) is 63.1 Å². The number of aromatic nitrogens is 1. The lowest BCUT2D eigenvalue weighted by atomic mass is 9.97. The van der Waals surface area contributed by atoms with E-state index in [1.807, 2.05) is 0 Å². The van der Waals surface area contributed by atoms with Crippen molar-refractivity contribution in [1.82, 2.24) is 4.57 Å². The molecule has 0 spiro atoms. The molecule has 1 aromatic heterocycles. The molecule has 0 aliphatic rings. The zero-order valence-corrected chi connectivity index (χ0v) is 14.8. The van der Waals surface area contributed by atoms with E-state index >= 15 is 0 Å². The van der Waals surface area contributed by atoms with Crippen LogP contribution in [-0.4, -0.2) is 16.3 Å². The number of benzene rings is 1. The van der Waals surface area contributed by atoms with Crippen LogP contribution in [0.25, 0.3) is 16.8 Å². The molecule has 0 saturated heterocycles. The van der Waals surface area contributed by atoms with E-state index in [2.05, 4.69) is 6.58 Å². The Bertz CT molecular complexity index is 842. The highest BCUT2D eigenvalue weighted by atomic mass is 19.2. The molecule has 0 bridgehead atoms. The molecule has 0 N–H and O–H groups in total. The Kier molecular flexibility index (Phi) is 5.26. The predicted molar refractivity (Wildman–Crippen MR) is 95.3 cm³/mol. The minimum Gasteiger partial charge on any atom is -0.443 e. The predicted octanol–water partition coefficient (Wildman–Crippen LogP) is 5.81. The zero-order valence-electron chi connectivity index (χ0n) is 14.8. The fourth-order valence-electron chi connectivity index (χ4n) is 2.42. The second-order valence-corrected chi connectivity index (χ2v) is 6.64. The van der Waals surface area contributed by atoms with Crippen LogP contribution in [0.2, 0.25) is 0 Å². The number of halogens is 2. The quantitative estimate of drug-likeness (QED) is 0.658. The van der Waals surface area contributed by atoms with Crippen LogP contribution in [0, 0.1) is 11.6 Å². The van der Waals surface area contributed by atoms with Gasteiger partial charge < -0.3 is 4.74 Å². The van der Waals surface area contributed by atoms with E-state index in [9.17, 15) is 13.6 Å². The molecule has 1 aromatic carbocycles. The van der Waals surface area contributed by atoms with Gasteiger partial charge >= 0.3 is 6.09 Å². The van der Waals surface area contributed by atoms with Crippen LogP contribution < -0.4 is 0 Å². The molecule has 0 unspecified atom stereocenters. The van der Waals surface area contributed by atoms with Gasteiger partial charge in [0.1, 0.15) is 5.60 Å². The number of nitrogens with zero attached hydrogens (tertiary/aromatic N) is 1. The Balaban J connectivity index is 2.62. The summed E-state index contributed by atoms with van der Waals surface area (Å²) in [7, 11) is 0. The largest absolute Gasteiger partial charge is 0.443 e. The number of rotatable bonds is 3. The van der Waals surface area contributed by atoms with E-state index in [0.717, 1.165) is 12.1 Å². The maximum Gasteiger partial charge on any atom is 0.418 e. The van der Waals surface area contributed by atoms with Gasteiger partial charge in [-0.1, -0.05) is 18.7 Å². The molecule has 1 heterocycles. The third-order valence-electron chi connectivity index (χ3n) is 3.47. The molecule has 0 amide bonds. The highest BCUT2D eigenvalue weighted by molar-refractivity contribution is 5.85. The number of allylic oxidation sites excluding steroid dienone is 3. The first kappa shape index (κ1) is 18.6. The summed E-state index contributed by atoms with van der Waals surface area (Å²) in [4.78, 5) is 12.4. The van der Waals surface area contributed by atoms with Gasteiger partial charge in [0.15, 0.2) is 11.6 Å². The molecular formula is C20H21F2NO2. The summed E-state index contributed by atoms with van der Waals surface area (Å²) in [5, 5.41) is 0. The number of ether oxygens (including phenoxy) is 1. The monoisotopic (exact) mass is 345 g/mol. The smallest absolute Gasteiger partial charge is 0.418 e. The summed E-state index contributed by atoms with van der Waals surface area (Å²) in [5.74, 6) is -1.94. The van der Waals surface area contributed by atoms with Crippen molar-refractivity contribution in [2.24, 2.45) is 0 Å². The Morgan fingerprint density at radius 2 is 1.88 bits per heavy atom. The minimum atomic E-state index is -0.984. The summed E-state index contributed by atoms with van der Waals surface area (Å²) in [6, 6.07) is 5.51. The second kappa shape index (κ2) is 7.05. The van der Waals surface area contributed by atoms with E-state index < -0.39 is 23.3 Å². The third kappa shape index (κ3) is 4.24. The zero-order chi connectivity index (χ0) is 18.8. The summed E-state index contributed by atoms with van der Waals surface area (Å²) >= 11 is 0. The van der Waals surface area contributed by atoms with Crippen molar-refractivity contribution in [3.05, 3.63) is 66.4 Å². The lowest BCUT2D eigenvalue weighted by Gasteiger charge is -2.21. The maximum absolute atomic E-state index is 13.9. The van der Waals surface area contributed by atoms with Crippen molar-refractivity contribution in [1.29, 1.82) is 0 Å². The molecule has 0 saturated carbocycles. The van der Waals surface area contributed by atoms with Gasteiger partial charge in [0.25, 0.3) is 0 Å². The first-order chi connectivity index (χ1) is 11.6. The van der Waals surface area contributed by atoms with E-state index in [1.54, 1.807) is 52.0 Å². The van der Waals surface area contributed by atoms with Crippen LogP contribution in [0.3, 0.4) is 0 Å².